The highest BCUT2D eigenvalue weighted by atomic mass is 16.7. The van der Waals surface area contributed by atoms with E-state index in [-0.39, 0.29) is 23.7 Å². The number of benzene rings is 2. The van der Waals surface area contributed by atoms with Gasteiger partial charge in [0.05, 0.1) is 11.1 Å². The third-order valence-electron chi connectivity index (χ3n) is 4.89. The lowest BCUT2D eigenvalue weighted by atomic mass is 9.99. The number of nitrogens with zero attached hydrogens (tertiary/aromatic N) is 1. The first-order valence-corrected chi connectivity index (χ1v) is 9.59. The van der Waals surface area contributed by atoms with Crippen LogP contribution in [-0.4, -0.2) is 35.0 Å². The van der Waals surface area contributed by atoms with Gasteiger partial charge in [-0.15, -0.1) is 0 Å². The molecule has 1 aliphatic rings. The predicted octanol–water partition coefficient (Wildman–Crippen LogP) is 3.08. The lowest BCUT2D eigenvalue weighted by Crippen LogP contribution is -2.48. The highest BCUT2D eigenvalue weighted by Crippen LogP contribution is 2.23. The average Bonchev–Trinajstić information content (AvgIpc) is 3.01. The van der Waals surface area contributed by atoms with E-state index in [2.05, 4.69) is 5.32 Å². The fourth-order valence-corrected chi connectivity index (χ4v) is 2.96. The minimum atomic E-state index is -1.09. The van der Waals surface area contributed by atoms with Crippen molar-refractivity contribution in [2.75, 3.05) is 0 Å². The summed E-state index contributed by atoms with van der Waals surface area (Å²) in [6, 6.07) is 14.2. The first-order valence-electron chi connectivity index (χ1n) is 9.59. The van der Waals surface area contributed by atoms with Crippen molar-refractivity contribution in [3.05, 3.63) is 71.3 Å². The second-order valence-corrected chi connectivity index (χ2v) is 6.93. The van der Waals surface area contributed by atoms with E-state index in [1.807, 2.05) is 25.1 Å². The Kier molecular flexibility index (Phi) is 6.46. The van der Waals surface area contributed by atoms with Crippen LogP contribution in [0.4, 0.5) is 4.79 Å². The van der Waals surface area contributed by atoms with Gasteiger partial charge < -0.3 is 14.9 Å². The number of amides is 3. The first-order chi connectivity index (χ1) is 14.4. The monoisotopic (exact) mass is 410 g/mol. The summed E-state index contributed by atoms with van der Waals surface area (Å²) in [7, 11) is 0. The third kappa shape index (κ3) is 4.48. The van der Waals surface area contributed by atoms with Crippen LogP contribution in [0, 0.1) is 5.92 Å². The molecule has 0 aliphatic carbocycles. The third-order valence-corrected chi connectivity index (χ3v) is 4.89. The van der Waals surface area contributed by atoms with Crippen molar-refractivity contribution in [3.63, 3.8) is 0 Å². The molecule has 3 rings (SSSR count). The van der Waals surface area contributed by atoms with Gasteiger partial charge in [-0.05, 0) is 23.6 Å². The summed E-state index contributed by atoms with van der Waals surface area (Å²) < 4.78 is 5.16. The van der Waals surface area contributed by atoms with Crippen molar-refractivity contribution >= 4 is 23.9 Å². The molecule has 30 heavy (non-hydrogen) atoms. The number of hydrogen-bond acceptors (Lipinski definition) is 6. The Morgan fingerprint density at radius 3 is 2.10 bits per heavy atom. The van der Waals surface area contributed by atoms with Crippen LogP contribution in [0.5, 0.6) is 0 Å². The van der Waals surface area contributed by atoms with Gasteiger partial charge in [-0.3, -0.25) is 9.59 Å². The Balaban J connectivity index is 1.65. The average molecular weight is 410 g/mol. The molecule has 8 heteroatoms. The molecule has 2 aromatic rings. The van der Waals surface area contributed by atoms with Crippen LogP contribution in [-0.2, 0) is 21.0 Å². The minimum Gasteiger partial charge on any atom is -0.445 e. The molecule has 2 unspecified atom stereocenters. The molecule has 156 valence electrons. The summed E-state index contributed by atoms with van der Waals surface area (Å²) in [5.41, 5.74) is 1.11. The molecule has 0 spiro atoms. The van der Waals surface area contributed by atoms with Gasteiger partial charge in [0.2, 0.25) is 0 Å². The Bertz CT molecular complexity index is 924. The van der Waals surface area contributed by atoms with Crippen molar-refractivity contribution in [1.82, 2.24) is 10.4 Å². The van der Waals surface area contributed by atoms with Gasteiger partial charge in [0.1, 0.15) is 12.6 Å². The number of fused-ring (bicyclic) bond motifs is 1. The summed E-state index contributed by atoms with van der Waals surface area (Å²) in [5.74, 6) is -2.69. The SMILES string of the molecule is CCC(C)C(NC(=O)OCc1ccccc1)C(=O)ON1C(=O)c2ccccc2C1=O. The van der Waals surface area contributed by atoms with Gasteiger partial charge >= 0.3 is 12.1 Å². The Labute approximate surface area is 173 Å². The Hall–Kier alpha value is -3.68. The molecule has 0 saturated heterocycles. The molecular weight excluding hydrogens is 388 g/mol. The molecule has 0 saturated carbocycles. The number of hydroxylamine groups is 2. The van der Waals surface area contributed by atoms with E-state index in [4.69, 9.17) is 9.57 Å². The number of alkyl carbamates (subject to hydrolysis) is 1. The lowest BCUT2D eigenvalue weighted by molar-refractivity contribution is -0.172. The number of ether oxygens (including phenoxy) is 1. The van der Waals surface area contributed by atoms with Crippen LogP contribution in [0.1, 0.15) is 46.5 Å². The van der Waals surface area contributed by atoms with Crippen molar-refractivity contribution in [3.8, 4) is 0 Å². The molecule has 2 atom stereocenters. The van der Waals surface area contributed by atoms with Gasteiger partial charge in [0.15, 0.2) is 0 Å². The smallest absolute Gasteiger partial charge is 0.408 e. The van der Waals surface area contributed by atoms with E-state index < -0.39 is 29.9 Å². The largest absolute Gasteiger partial charge is 0.445 e. The van der Waals surface area contributed by atoms with E-state index >= 15 is 0 Å². The van der Waals surface area contributed by atoms with Gasteiger partial charge in [-0.1, -0.05) is 67.8 Å². The van der Waals surface area contributed by atoms with Gasteiger partial charge in [-0.2, -0.15) is 0 Å². The second kappa shape index (κ2) is 9.21. The molecular formula is C22H22N2O6. The molecule has 1 aliphatic heterocycles. The molecule has 0 bridgehead atoms. The normalized spacial score (nSPS) is 14.7. The summed E-state index contributed by atoms with van der Waals surface area (Å²) in [6.45, 7) is 3.61. The van der Waals surface area contributed by atoms with Gasteiger partial charge in [0, 0.05) is 0 Å². The van der Waals surface area contributed by atoms with Crippen molar-refractivity contribution in [2.24, 2.45) is 5.92 Å². The van der Waals surface area contributed by atoms with Crippen LogP contribution < -0.4 is 5.32 Å². The maximum atomic E-state index is 12.7. The van der Waals surface area contributed by atoms with E-state index in [0.29, 0.717) is 11.5 Å². The summed E-state index contributed by atoms with van der Waals surface area (Å²) in [6.07, 6.45) is -0.260. The predicted molar refractivity (Wildman–Crippen MR) is 106 cm³/mol. The standard InChI is InChI=1S/C22H22N2O6/c1-3-14(2)18(23-22(28)29-13-15-9-5-4-6-10-15)21(27)30-24-19(25)16-11-7-8-12-17(16)20(24)26/h4-12,14,18H,3,13H2,1-2H3,(H,23,28). The lowest BCUT2D eigenvalue weighted by Gasteiger charge is -2.23. The van der Waals surface area contributed by atoms with E-state index in [1.54, 1.807) is 31.2 Å². The number of carbonyl (C=O) groups is 4. The fraction of sp³-hybridized carbons (Fsp3) is 0.273. The number of rotatable bonds is 7. The molecule has 1 N–H and O–H groups in total. The number of imide groups is 1. The van der Waals surface area contributed by atoms with E-state index in [9.17, 15) is 19.2 Å². The Morgan fingerprint density at radius 1 is 0.967 bits per heavy atom. The highest BCUT2D eigenvalue weighted by Gasteiger charge is 2.40. The Morgan fingerprint density at radius 2 is 1.53 bits per heavy atom. The van der Waals surface area contributed by atoms with Crippen LogP contribution in [0.15, 0.2) is 54.6 Å². The highest BCUT2D eigenvalue weighted by molar-refractivity contribution is 6.20. The van der Waals surface area contributed by atoms with Crippen LogP contribution in [0.2, 0.25) is 0 Å². The molecule has 3 amide bonds. The minimum absolute atomic E-state index is 0.0351. The first kappa shape index (κ1) is 21.0. The van der Waals surface area contributed by atoms with Crippen LogP contribution in [0.25, 0.3) is 0 Å². The maximum Gasteiger partial charge on any atom is 0.408 e. The molecule has 8 nitrogen and oxygen atoms in total. The number of nitrogens with one attached hydrogen (secondary N) is 1. The zero-order valence-electron chi connectivity index (χ0n) is 16.7. The number of hydrogen-bond donors (Lipinski definition) is 1. The topological polar surface area (TPSA) is 102 Å². The van der Waals surface area contributed by atoms with Gasteiger partial charge in [-0.25, -0.2) is 9.59 Å². The quantitative estimate of drug-likeness (QED) is 0.704. The molecule has 0 fully saturated rings. The molecule has 0 radical (unpaired) electrons. The van der Waals surface area contributed by atoms with Crippen molar-refractivity contribution in [1.29, 1.82) is 0 Å². The number of carbonyl (C=O) groups excluding carboxylic acids is 4. The van der Waals surface area contributed by atoms with Crippen molar-refractivity contribution < 1.29 is 28.8 Å². The zero-order valence-corrected chi connectivity index (χ0v) is 16.7. The second-order valence-electron chi connectivity index (χ2n) is 6.93. The summed E-state index contributed by atoms with van der Waals surface area (Å²) in [4.78, 5) is 54.8. The van der Waals surface area contributed by atoms with Gasteiger partial charge in [0.25, 0.3) is 11.8 Å². The molecule has 1 heterocycles. The maximum absolute atomic E-state index is 12.7. The molecule has 2 aromatic carbocycles. The summed E-state index contributed by atoms with van der Waals surface area (Å²) in [5, 5.41) is 2.91. The fourth-order valence-electron chi connectivity index (χ4n) is 2.96. The van der Waals surface area contributed by atoms with E-state index in [0.717, 1.165) is 5.56 Å². The summed E-state index contributed by atoms with van der Waals surface area (Å²) >= 11 is 0. The van der Waals surface area contributed by atoms with Crippen LogP contribution >= 0.6 is 0 Å². The van der Waals surface area contributed by atoms with Crippen LogP contribution in [0.3, 0.4) is 0 Å². The van der Waals surface area contributed by atoms with E-state index in [1.165, 1.54) is 12.1 Å². The molecule has 0 aromatic heterocycles. The zero-order chi connectivity index (χ0) is 21.7. The van der Waals surface area contributed by atoms with Crippen molar-refractivity contribution in [2.45, 2.75) is 32.9 Å².